The largest absolute Gasteiger partial charge is 0.474 e. The molecule has 0 aromatic carbocycles. The third-order valence-corrected chi connectivity index (χ3v) is 1.86. The first-order valence-corrected chi connectivity index (χ1v) is 5.67. The van der Waals surface area contributed by atoms with E-state index in [0.29, 0.717) is 5.88 Å². The Morgan fingerprint density at radius 1 is 1.36 bits per heavy atom. The van der Waals surface area contributed by atoms with Gasteiger partial charge in [0.25, 0.3) is 0 Å². The van der Waals surface area contributed by atoms with Crippen LogP contribution < -0.4 is 4.74 Å². The minimum Gasteiger partial charge on any atom is -0.474 e. The molecule has 0 atom stereocenters. The van der Waals surface area contributed by atoms with Crippen molar-refractivity contribution in [1.29, 1.82) is 0 Å². The Morgan fingerprint density at radius 2 is 1.93 bits per heavy atom. The standard InChI is InChI=1S/C9H12BrNO.C2H6/c1-6(2)12-9-8(10)4-7(3)5-11-9;1-2/h4-6H,1-3H3;1-2H3. The van der Waals surface area contributed by atoms with Gasteiger partial charge < -0.3 is 4.74 Å². The summed E-state index contributed by atoms with van der Waals surface area (Å²) in [5, 5.41) is 0. The molecule has 2 nitrogen and oxygen atoms in total. The summed E-state index contributed by atoms with van der Waals surface area (Å²) in [6.07, 6.45) is 1.96. The van der Waals surface area contributed by atoms with Crippen LogP contribution in [0.4, 0.5) is 0 Å². The van der Waals surface area contributed by atoms with E-state index in [0.717, 1.165) is 10.0 Å². The molecule has 1 aromatic heterocycles. The molecular formula is C11H18BrNO. The van der Waals surface area contributed by atoms with Gasteiger partial charge in [-0.15, -0.1) is 0 Å². The van der Waals surface area contributed by atoms with Gasteiger partial charge in [0, 0.05) is 6.20 Å². The monoisotopic (exact) mass is 259 g/mol. The second-order valence-corrected chi connectivity index (χ2v) is 3.82. The third kappa shape index (κ3) is 4.61. The minimum atomic E-state index is 0.163. The molecular weight excluding hydrogens is 242 g/mol. The van der Waals surface area contributed by atoms with Gasteiger partial charge in [-0.3, -0.25) is 0 Å². The average molecular weight is 260 g/mol. The molecule has 0 spiro atoms. The van der Waals surface area contributed by atoms with Crippen molar-refractivity contribution in [3.05, 3.63) is 22.3 Å². The van der Waals surface area contributed by atoms with Gasteiger partial charge in [-0.1, -0.05) is 13.8 Å². The summed E-state index contributed by atoms with van der Waals surface area (Å²) in [5.41, 5.74) is 1.12. The smallest absolute Gasteiger partial charge is 0.228 e. The molecule has 0 bridgehead atoms. The molecule has 0 aliphatic heterocycles. The summed E-state index contributed by atoms with van der Waals surface area (Å²) in [6, 6.07) is 1.99. The van der Waals surface area contributed by atoms with Crippen molar-refractivity contribution in [1.82, 2.24) is 4.98 Å². The number of pyridine rings is 1. The molecule has 3 heteroatoms. The maximum atomic E-state index is 5.44. The van der Waals surface area contributed by atoms with E-state index in [1.165, 1.54) is 0 Å². The third-order valence-electron chi connectivity index (χ3n) is 1.29. The topological polar surface area (TPSA) is 22.1 Å². The van der Waals surface area contributed by atoms with Crippen molar-refractivity contribution < 1.29 is 4.74 Å². The first kappa shape index (κ1) is 13.4. The zero-order chi connectivity index (χ0) is 11.1. The summed E-state index contributed by atoms with van der Waals surface area (Å²) in [6.45, 7) is 9.96. The zero-order valence-electron chi connectivity index (χ0n) is 9.47. The number of ether oxygens (including phenoxy) is 1. The maximum Gasteiger partial charge on any atom is 0.228 e. The highest BCUT2D eigenvalue weighted by Crippen LogP contribution is 2.23. The number of aromatic nitrogens is 1. The number of hydrogen-bond donors (Lipinski definition) is 0. The van der Waals surface area contributed by atoms with Crippen LogP contribution in [0.3, 0.4) is 0 Å². The van der Waals surface area contributed by atoms with Gasteiger partial charge in [-0.2, -0.15) is 0 Å². The lowest BCUT2D eigenvalue weighted by Gasteiger charge is -2.09. The predicted octanol–water partition coefficient (Wildman–Crippen LogP) is 3.97. The molecule has 1 rings (SSSR count). The van der Waals surface area contributed by atoms with Crippen LogP contribution in [0.25, 0.3) is 0 Å². The highest BCUT2D eigenvalue weighted by Gasteiger charge is 2.03. The number of hydrogen-bond acceptors (Lipinski definition) is 2. The molecule has 0 radical (unpaired) electrons. The van der Waals surface area contributed by atoms with Crippen LogP contribution in [0, 0.1) is 6.92 Å². The zero-order valence-corrected chi connectivity index (χ0v) is 11.1. The van der Waals surface area contributed by atoms with E-state index in [-0.39, 0.29) is 6.10 Å². The first-order valence-electron chi connectivity index (χ1n) is 4.88. The average Bonchev–Trinajstić information content (AvgIpc) is 2.13. The lowest BCUT2D eigenvalue weighted by Crippen LogP contribution is -2.07. The number of nitrogens with zero attached hydrogens (tertiary/aromatic N) is 1. The molecule has 0 N–H and O–H groups in total. The van der Waals surface area contributed by atoms with E-state index in [9.17, 15) is 0 Å². The van der Waals surface area contributed by atoms with E-state index in [2.05, 4.69) is 20.9 Å². The van der Waals surface area contributed by atoms with Crippen LogP contribution in [0.5, 0.6) is 5.88 Å². The highest BCUT2D eigenvalue weighted by molar-refractivity contribution is 9.10. The first-order chi connectivity index (χ1) is 6.59. The van der Waals surface area contributed by atoms with Crippen molar-refractivity contribution in [2.24, 2.45) is 0 Å². The van der Waals surface area contributed by atoms with Crippen LogP contribution in [0.1, 0.15) is 33.3 Å². The summed E-state index contributed by atoms with van der Waals surface area (Å²) in [7, 11) is 0. The Kier molecular flexibility index (Phi) is 6.54. The van der Waals surface area contributed by atoms with Gasteiger partial charge in [0.1, 0.15) is 0 Å². The van der Waals surface area contributed by atoms with Gasteiger partial charge in [0.2, 0.25) is 5.88 Å². The molecule has 14 heavy (non-hydrogen) atoms. The van der Waals surface area contributed by atoms with E-state index >= 15 is 0 Å². The fourth-order valence-corrected chi connectivity index (χ4v) is 1.39. The number of rotatable bonds is 2. The van der Waals surface area contributed by atoms with Gasteiger partial charge in [-0.05, 0) is 48.3 Å². The van der Waals surface area contributed by atoms with Crippen molar-refractivity contribution in [2.75, 3.05) is 0 Å². The molecule has 1 heterocycles. The van der Waals surface area contributed by atoms with Gasteiger partial charge >= 0.3 is 0 Å². The summed E-state index contributed by atoms with van der Waals surface area (Å²) in [4.78, 5) is 4.15. The Morgan fingerprint density at radius 3 is 2.36 bits per heavy atom. The van der Waals surface area contributed by atoms with Gasteiger partial charge in [0.15, 0.2) is 0 Å². The lowest BCUT2D eigenvalue weighted by atomic mass is 10.3. The van der Waals surface area contributed by atoms with Gasteiger partial charge in [-0.25, -0.2) is 4.98 Å². The Hall–Kier alpha value is -0.570. The Labute approximate surface area is 94.8 Å². The maximum absolute atomic E-state index is 5.44. The fraction of sp³-hybridized carbons (Fsp3) is 0.545. The summed E-state index contributed by atoms with van der Waals surface area (Å²) < 4.78 is 6.36. The Bertz CT molecular complexity index is 274. The van der Waals surface area contributed by atoms with Crippen molar-refractivity contribution in [2.45, 2.75) is 40.7 Å². The van der Waals surface area contributed by atoms with E-state index in [4.69, 9.17) is 4.74 Å². The number of aryl methyl sites for hydroxylation is 1. The van der Waals surface area contributed by atoms with Crippen LogP contribution in [-0.2, 0) is 0 Å². The summed E-state index contributed by atoms with van der Waals surface area (Å²) in [5.74, 6) is 0.663. The molecule has 1 aromatic rings. The van der Waals surface area contributed by atoms with Crippen LogP contribution in [-0.4, -0.2) is 11.1 Å². The predicted molar refractivity (Wildman–Crippen MR) is 63.8 cm³/mol. The lowest BCUT2D eigenvalue weighted by molar-refractivity contribution is 0.231. The van der Waals surface area contributed by atoms with E-state index in [1.807, 2.05) is 40.7 Å². The van der Waals surface area contributed by atoms with Crippen LogP contribution >= 0.6 is 15.9 Å². The normalized spacial score (nSPS) is 9.36. The molecule has 0 amide bonds. The fourth-order valence-electron chi connectivity index (χ4n) is 0.831. The highest BCUT2D eigenvalue weighted by atomic mass is 79.9. The molecule has 0 unspecified atom stereocenters. The van der Waals surface area contributed by atoms with Crippen molar-refractivity contribution in [3.63, 3.8) is 0 Å². The Balaban J connectivity index is 0.000000791. The van der Waals surface area contributed by atoms with E-state index in [1.54, 1.807) is 6.20 Å². The molecule has 0 saturated heterocycles. The SMILES string of the molecule is CC.Cc1cnc(OC(C)C)c(Br)c1. The molecule has 0 aliphatic carbocycles. The second-order valence-electron chi connectivity index (χ2n) is 2.97. The quantitative estimate of drug-likeness (QED) is 0.802. The number of halogens is 1. The van der Waals surface area contributed by atoms with Crippen LogP contribution in [0.15, 0.2) is 16.7 Å². The minimum absolute atomic E-state index is 0.163. The second kappa shape index (κ2) is 6.82. The molecule has 80 valence electrons. The van der Waals surface area contributed by atoms with Crippen molar-refractivity contribution in [3.8, 4) is 5.88 Å². The molecule has 0 fully saturated rings. The molecule has 0 saturated carbocycles. The van der Waals surface area contributed by atoms with Crippen LogP contribution in [0.2, 0.25) is 0 Å². The van der Waals surface area contributed by atoms with Crippen molar-refractivity contribution >= 4 is 15.9 Å². The summed E-state index contributed by atoms with van der Waals surface area (Å²) >= 11 is 3.39. The molecule has 0 aliphatic rings. The van der Waals surface area contributed by atoms with Gasteiger partial charge in [0.05, 0.1) is 10.6 Å². The van der Waals surface area contributed by atoms with E-state index < -0.39 is 0 Å².